The lowest BCUT2D eigenvalue weighted by molar-refractivity contribution is -0.121. The standard InChI is InChI=1S/C18H21ClN2O2S/c1-11-6-2-4-8-13(11)21-15(22)10-20-18(23)17-16(19)12-7-3-5-9-14(12)24-17/h3,5,7,9,11,13H,2,4,6,8,10H2,1H3,(H,20,23)(H,21,22)/t11-,13+/m1/s1. The molecule has 1 fully saturated rings. The molecule has 2 atom stereocenters. The summed E-state index contributed by atoms with van der Waals surface area (Å²) in [5.41, 5.74) is 0. The number of benzene rings is 1. The molecule has 3 rings (SSSR count). The molecule has 1 aliphatic rings. The van der Waals surface area contributed by atoms with Crippen LogP contribution in [0.3, 0.4) is 0 Å². The first-order valence-corrected chi connectivity index (χ1v) is 9.50. The number of fused-ring (bicyclic) bond motifs is 1. The Kier molecular flexibility index (Phi) is 5.41. The van der Waals surface area contributed by atoms with Crippen molar-refractivity contribution in [2.75, 3.05) is 6.54 Å². The first kappa shape index (κ1) is 17.2. The van der Waals surface area contributed by atoms with E-state index in [1.54, 1.807) is 0 Å². The first-order chi connectivity index (χ1) is 11.6. The number of halogens is 1. The number of amides is 2. The highest BCUT2D eigenvalue weighted by atomic mass is 35.5. The fourth-order valence-electron chi connectivity index (χ4n) is 3.19. The van der Waals surface area contributed by atoms with Crippen molar-refractivity contribution >= 4 is 44.8 Å². The van der Waals surface area contributed by atoms with Crippen LogP contribution in [0.5, 0.6) is 0 Å². The minimum atomic E-state index is -0.298. The molecule has 0 aliphatic heterocycles. The lowest BCUT2D eigenvalue weighted by atomic mass is 9.86. The molecular formula is C18H21ClN2O2S. The van der Waals surface area contributed by atoms with Gasteiger partial charge >= 0.3 is 0 Å². The smallest absolute Gasteiger partial charge is 0.263 e. The summed E-state index contributed by atoms with van der Waals surface area (Å²) in [7, 11) is 0. The Balaban J connectivity index is 1.58. The van der Waals surface area contributed by atoms with Gasteiger partial charge in [0.25, 0.3) is 5.91 Å². The summed E-state index contributed by atoms with van der Waals surface area (Å²) in [5.74, 6) is 0.0582. The molecule has 6 heteroatoms. The third kappa shape index (κ3) is 3.73. The largest absolute Gasteiger partial charge is 0.352 e. The van der Waals surface area contributed by atoms with E-state index in [0.717, 1.165) is 29.3 Å². The van der Waals surface area contributed by atoms with E-state index < -0.39 is 0 Å². The average molecular weight is 365 g/mol. The molecule has 0 radical (unpaired) electrons. The summed E-state index contributed by atoms with van der Waals surface area (Å²) in [6, 6.07) is 7.84. The van der Waals surface area contributed by atoms with Gasteiger partial charge in [-0.2, -0.15) is 0 Å². The molecule has 2 N–H and O–H groups in total. The van der Waals surface area contributed by atoms with Crippen LogP contribution in [0, 0.1) is 5.92 Å². The summed E-state index contributed by atoms with van der Waals surface area (Å²) < 4.78 is 0.966. The second-order valence-electron chi connectivity index (χ2n) is 6.36. The van der Waals surface area contributed by atoms with E-state index in [4.69, 9.17) is 11.6 Å². The van der Waals surface area contributed by atoms with Crippen LogP contribution >= 0.6 is 22.9 Å². The molecule has 2 aromatic rings. The van der Waals surface area contributed by atoms with Gasteiger partial charge in [0.1, 0.15) is 4.88 Å². The molecule has 1 aromatic carbocycles. The van der Waals surface area contributed by atoms with Crippen molar-refractivity contribution in [3.8, 4) is 0 Å². The second-order valence-corrected chi connectivity index (χ2v) is 7.79. The van der Waals surface area contributed by atoms with Crippen LogP contribution in [0.4, 0.5) is 0 Å². The van der Waals surface area contributed by atoms with Crippen molar-refractivity contribution < 1.29 is 9.59 Å². The summed E-state index contributed by atoms with van der Waals surface area (Å²) in [6.07, 6.45) is 4.55. The third-order valence-corrected chi connectivity index (χ3v) is 6.28. The molecule has 128 valence electrons. The predicted octanol–water partition coefficient (Wildman–Crippen LogP) is 3.98. The number of hydrogen-bond acceptors (Lipinski definition) is 3. The zero-order valence-electron chi connectivity index (χ0n) is 13.6. The molecule has 0 saturated heterocycles. The van der Waals surface area contributed by atoms with Crippen molar-refractivity contribution in [2.24, 2.45) is 5.92 Å². The van der Waals surface area contributed by atoms with Gasteiger partial charge in [0.15, 0.2) is 0 Å². The molecule has 1 aromatic heterocycles. The fourth-order valence-corrected chi connectivity index (χ4v) is 4.62. The van der Waals surface area contributed by atoms with Gasteiger partial charge in [0.2, 0.25) is 5.91 Å². The van der Waals surface area contributed by atoms with Gasteiger partial charge in [-0.3, -0.25) is 9.59 Å². The fraction of sp³-hybridized carbons (Fsp3) is 0.444. The van der Waals surface area contributed by atoms with E-state index in [9.17, 15) is 9.59 Å². The van der Waals surface area contributed by atoms with Gasteiger partial charge < -0.3 is 10.6 Å². The Morgan fingerprint density at radius 3 is 2.75 bits per heavy atom. The summed E-state index contributed by atoms with van der Waals surface area (Å²) >= 11 is 7.64. The van der Waals surface area contributed by atoms with E-state index in [2.05, 4.69) is 17.6 Å². The van der Waals surface area contributed by atoms with E-state index in [1.165, 1.54) is 17.8 Å². The highest BCUT2D eigenvalue weighted by molar-refractivity contribution is 7.21. The highest BCUT2D eigenvalue weighted by Gasteiger charge is 2.23. The maximum absolute atomic E-state index is 12.3. The van der Waals surface area contributed by atoms with Crippen molar-refractivity contribution in [3.05, 3.63) is 34.2 Å². The molecule has 4 nitrogen and oxygen atoms in total. The van der Waals surface area contributed by atoms with E-state index >= 15 is 0 Å². The van der Waals surface area contributed by atoms with Crippen molar-refractivity contribution in [2.45, 2.75) is 38.6 Å². The van der Waals surface area contributed by atoms with Crippen molar-refractivity contribution in [3.63, 3.8) is 0 Å². The third-order valence-electron chi connectivity index (χ3n) is 4.61. The number of nitrogens with one attached hydrogen (secondary N) is 2. The Bertz CT molecular complexity index is 759. The SMILES string of the molecule is C[C@@H]1CCCC[C@@H]1NC(=O)CNC(=O)c1sc2ccccc2c1Cl. The maximum atomic E-state index is 12.3. The molecule has 1 aliphatic carbocycles. The van der Waals surface area contributed by atoms with Crippen LogP contribution < -0.4 is 10.6 Å². The van der Waals surface area contributed by atoms with Gasteiger partial charge in [-0.05, 0) is 24.8 Å². The number of rotatable bonds is 4. The zero-order chi connectivity index (χ0) is 17.1. The van der Waals surface area contributed by atoms with Gasteiger partial charge in [0.05, 0.1) is 11.6 Å². The van der Waals surface area contributed by atoms with Crippen molar-refractivity contribution in [1.29, 1.82) is 0 Å². The molecule has 0 unspecified atom stereocenters. The molecule has 2 amide bonds. The summed E-state index contributed by atoms with van der Waals surface area (Å²) in [4.78, 5) is 24.9. The molecule has 0 bridgehead atoms. The van der Waals surface area contributed by atoms with Crippen LogP contribution in [-0.4, -0.2) is 24.4 Å². The molecule has 1 saturated carbocycles. The highest BCUT2D eigenvalue weighted by Crippen LogP contribution is 2.34. The number of thiophene rings is 1. The Morgan fingerprint density at radius 2 is 2.00 bits per heavy atom. The van der Waals surface area contributed by atoms with E-state index in [0.29, 0.717) is 15.8 Å². The van der Waals surface area contributed by atoms with Crippen LogP contribution in [0.25, 0.3) is 10.1 Å². The maximum Gasteiger partial charge on any atom is 0.263 e. The van der Waals surface area contributed by atoms with Gasteiger partial charge in [-0.25, -0.2) is 0 Å². The lowest BCUT2D eigenvalue weighted by Gasteiger charge is -2.29. The minimum absolute atomic E-state index is 0.0212. The summed E-state index contributed by atoms with van der Waals surface area (Å²) in [6.45, 7) is 2.15. The van der Waals surface area contributed by atoms with E-state index in [1.807, 2.05) is 24.3 Å². The molecule has 1 heterocycles. The first-order valence-electron chi connectivity index (χ1n) is 8.31. The lowest BCUT2D eigenvalue weighted by Crippen LogP contribution is -2.45. The topological polar surface area (TPSA) is 58.2 Å². The monoisotopic (exact) mass is 364 g/mol. The number of hydrogen-bond donors (Lipinski definition) is 2. The van der Waals surface area contributed by atoms with Crippen LogP contribution in [0.2, 0.25) is 5.02 Å². The minimum Gasteiger partial charge on any atom is -0.352 e. The van der Waals surface area contributed by atoms with Crippen LogP contribution in [0.1, 0.15) is 42.3 Å². The summed E-state index contributed by atoms with van der Waals surface area (Å²) in [5, 5.41) is 7.04. The zero-order valence-corrected chi connectivity index (χ0v) is 15.2. The average Bonchev–Trinajstić information content (AvgIpc) is 2.92. The predicted molar refractivity (Wildman–Crippen MR) is 98.7 cm³/mol. The Morgan fingerprint density at radius 1 is 1.25 bits per heavy atom. The van der Waals surface area contributed by atoms with Gasteiger partial charge in [-0.15, -0.1) is 11.3 Å². The second kappa shape index (κ2) is 7.53. The molecular weight excluding hydrogens is 344 g/mol. The van der Waals surface area contributed by atoms with Gasteiger partial charge in [0, 0.05) is 16.1 Å². The molecule has 0 spiro atoms. The van der Waals surface area contributed by atoms with E-state index in [-0.39, 0.29) is 24.4 Å². The quantitative estimate of drug-likeness (QED) is 0.862. The Labute approximate surface area is 150 Å². The van der Waals surface area contributed by atoms with Gasteiger partial charge in [-0.1, -0.05) is 49.6 Å². The number of carbonyl (C=O) groups is 2. The number of carbonyl (C=O) groups excluding carboxylic acids is 2. The molecule has 24 heavy (non-hydrogen) atoms. The normalized spacial score (nSPS) is 20.8. The van der Waals surface area contributed by atoms with Crippen LogP contribution in [0.15, 0.2) is 24.3 Å². The van der Waals surface area contributed by atoms with Crippen molar-refractivity contribution in [1.82, 2.24) is 10.6 Å². The van der Waals surface area contributed by atoms with Crippen LogP contribution in [-0.2, 0) is 4.79 Å². The Hall–Kier alpha value is -1.59.